The highest BCUT2D eigenvalue weighted by Crippen LogP contribution is 2.62. The van der Waals surface area contributed by atoms with Crippen LogP contribution in [-0.2, 0) is 14.4 Å². The number of carbonyl (C=O) groups is 2. The summed E-state index contributed by atoms with van der Waals surface area (Å²) in [6.45, 7) is 0. The highest BCUT2D eigenvalue weighted by molar-refractivity contribution is 6.37. The number of anilines is 1. The number of oxime groups is 1. The molecule has 4 aliphatic rings. The normalized spacial score (nSPS) is 34.3. The smallest absolute Gasteiger partial charge is 0.238 e. The van der Waals surface area contributed by atoms with E-state index in [4.69, 9.17) is 28.0 Å². The summed E-state index contributed by atoms with van der Waals surface area (Å²) in [4.78, 5) is 33.7. The third-order valence-corrected chi connectivity index (χ3v) is 7.46. The Morgan fingerprint density at radius 1 is 0.931 bits per heavy atom. The molecule has 0 radical (unpaired) electrons. The molecule has 2 aromatic carbocycles. The Labute approximate surface area is 177 Å². The van der Waals surface area contributed by atoms with Gasteiger partial charge in [-0.25, -0.2) is 0 Å². The maximum absolute atomic E-state index is 13.3. The van der Waals surface area contributed by atoms with Crippen LogP contribution in [0.1, 0.15) is 12.0 Å². The van der Waals surface area contributed by atoms with Gasteiger partial charge < -0.3 is 4.84 Å². The lowest BCUT2D eigenvalue weighted by atomic mass is 9.71. The molecular weight excluding hydrogens is 411 g/mol. The molecule has 146 valence electrons. The zero-order valence-electron chi connectivity index (χ0n) is 15.2. The second-order valence-electron chi connectivity index (χ2n) is 8.16. The molecule has 6 rings (SSSR count). The van der Waals surface area contributed by atoms with Crippen LogP contribution >= 0.6 is 23.2 Å². The van der Waals surface area contributed by atoms with Gasteiger partial charge >= 0.3 is 0 Å². The fourth-order valence-electron chi connectivity index (χ4n) is 5.88. The van der Waals surface area contributed by atoms with Crippen LogP contribution in [0.4, 0.5) is 5.69 Å². The van der Waals surface area contributed by atoms with E-state index in [2.05, 4.69) is 5.16 Å². The summed E-state index contributed by atoms with van der Waals surface area (Å²) in [6, 6.07) is 14.5. The second kappa shape index (κ2) is 6.07. The van der Waals surface area contributed by atoms with E-state index in [1.54, 1.807) is 24.3 Å². The van der Waals surface area contributed by atoms with Gasteiger partial charge in [0.25, 0.3) is 0 Å². The van der Waals surface area contributed by atoms with Gasteiger partial charge in [-0.2, -0.15) is 0 Å². The van der Waals surface area contributed by atoms with Gasteiger partial charge in [0.1, 0.15) is 6.10 Å². The molecule has 0 N–H and O–H groups in total. The molecule has 2 aliphatic carbocycles. The fraction of sp³-hybridized carbons (Fsp3) is 0.318. The molecule has 0 unspecified atom stereocenters. The van der Waals surface area contributed by atoms with E-state index >= 15 is 0 Å². The molecule has 29 heavy (non-hydrogen) atoms. The summed E-state index contributed by atoms with van der Waals surface area (Å²) < 4.78 is 0. The Morgan fingerprint density at radius 2 is 1.66 bits per heavy atom. The molecule has 0 aromatic heterocycles. The van der Waals surface area contributed by atoms with Gasteiger partial charge in [0.2, 0.25) is 11.8 Å². The van der Waals surface area contributed by atoms with Crippen molar-refractivity contribution in [3.8, 4) is 0 Å². The van der Waals surface area contributed by atoms with Crippen molar-refractivity contribution in [1.82, 2.24) is 0 Å². The molecule has 2 saturated carbocycles. The predicted molar refractivity (Wildman–Crippen MR) is 109 cm³/mol. The quantitative estimate of drug-likeness (QED) is 0.677. The first-order valence-corrected chi connectivity index (χ1v) is 10.4. The monoisotopic (exact) mass is 426 g/mol. The highest BCUT2D eigenvalue weighted by Gasteiger charge is 2.70. The number of rotatable bonds is 2. The number of imide groups is 1. The molecule has 1 saturated heterocycles. The molecule has 2 heterocycles. The van der Waals surface area contributed by atoms with E-state index in [9.17, 15) is 9.59 Å². The Morgan fingerprint density at radius 3 is 2.38 bits per heavy atom. The van der Waals surface area contributed by atoms with Crippen molar-refractivity contribution in [2.45, 2.75) is 12.5 Å². The summed E-state index contributed by atoms with van der Waals surface area (Å²) in [5.74, 6) is -0.895. The highest BCUT2D eigenvalue weighted by atomic mass is 35.5. The summed E-state index contributed by atoms with van der Waals surface area (Å²) in [7, 11) is 0. The van der Waals surface area contributed by atoms with Crippen molar-refractivity contribution in [1.29, 1.82) is 0 Å². The average Bonchev–Trinajstić information content (AvgIpc) is 3.43. The Hall–Kier alpha value is -2.37. The van der Waals surface area contributed by atoms with Crippen LogP contribution in [0.2, 0.25) is 10.0 Å². The molecule has 7 heteroatoms. The van der Waals surface area contributed by atoms with Gasteiger partial charge in [-0.15, -0.1) is 0 Å². The Kier molecular flexibility index (Phi) is 3.66. The van der Waals surface area contributed by atoms with Gasteiger partial charge in [-0.1, -0.05) is 52.6 Å². The number of fused-ring (bicyclic) bond motifs is 8. The first-order chi connectivity index (χ1) is 14.1. The van der Waals surface area contributed by atoms with Crippen LogP contribution in [0.5, 0.6) is 0 Å². The summed E-state index contributed by atoms with van der Waals surface area (Å²) in [5.41, 5.74) is 2.18. The van der Waals surface area contributed by atoms with Gasteiger partial charge in [0.15, 0.2) is 0 Å². The number of halogens is 2. The molecule has 0 spiro atoms. The summed E-state index contributed by atoms with van der Waals surface area (Å²) in [6.07, 6.45) is 0.616. The SMILES string of the molecule is O=C1[C@H]2[C@@H]3C[C@H]([C@H]4C(c5ccc(Cl)cc5Cl)=NO[C@H]34)[C@@H]2C(=O)N1c1ccccc1. The topological polar surface area (TPSA) is 59.0 Å². The number of para-hydroxylation sites is 1. The van der Waals surface area contributed by atoms with Crippen LogP contribution in [0, 0.1) is 29.6 Å². The summed E-state index contributed by atoms with van der Waals surface area (Å²) >= 11 is 12.5. The molecule has 5 nitrogen and oxygen atoms in total. The minimum Gasteiger partial charge on any atom is -0.391 e. The Balaban J connectivity index is 1.37. The molecule has 6 atom stereocenters. The van der Waals surface area contributed by atoms with Gasteiger partial charge in [0.05, 0.1) is 28.3 Å². The second-order valence-corrected chi connectivity index (χ2v) is 9.00. The van der Waals surface area contributed by atoms with E-state index in [-0.39, 0.29) is 47.5 Å². The van der Waals surface area contributed by atoms with Crippen molar-refractivity contribution >= 4 is 46.4 Å². The summed E-state index contributed by atoms with van der Waals surface area (Å²) in [5, 5.41) is 5.40. The third kappa shape index (κ3) is 2.26. The third-order valence-electron chi connectivity index (χ3n) is 6.91. The zero-order chi connectivity index (χ0) is 19.9. The Bertz CT molecular complexity index is 1090. The van der Waals surface area contributed by atoms with E-state index in [1.807, 2.05) is 24.3 Å². The molecule has 3 fully saturated rings. The lowest BCUT2D eigenvalue weighted by Gasteiger charge is -2.30. The molecule has 2 aliphatic heterocycles. The first-order valence-electron chi connectivity index (χ1n) is 9.68. The van der Waals surface area contributed by atoms with Crippen LogP contribution in [0.15, 0.2) is 53.7 Å². The van der Waals surface area contributed by atoms with Crippen molar-refractivity contribution in [3.63, 3.8) is 0 Å². The van der Waals surface area contributed by atoms with Crippen LogP contribution in [0.25, 0.3) is 0 Å². The van der Waals surface area contributed by atoms with Gasteiger partial charge in [-0.05, 0) is 36.6 Å². The number of hydrogen-bond acceptors (Lipinski definition) is 4. The minimum absolute atomic E-state index is 0.00696. The minimum atomic E-state index is -0.329. The number of hydrogen-bond donors (Lipinski definition) is 0. The number of amides is 2. The number of nitrogens with zero attached hydrogens (tertiary/aromatic N) is 2. The van der Waals surface area contributed by atoms with E-state index in [1.165, 1.54) is 4.90 Å². The maximum atomic E-state index is 13.3. The standard InChI is InChI=1S/C22H16Cl2N2O3/c23-10-6-7-12(15(24)8-10)19-18-13-9-14(20(18)29-25-19)17-16(13)21(27)26(22(17)28)11-4-2-1-3-5-11/h1-8,13-14,16-18,20H,9H2/t13-,14-,16-,17-,18-,20+/m0/s1. The van der Waals surface area contributed by atoms with Crippen LogP contribution < -0.4 is 4.90 Å². The van der Waals surface area contributed by atoms with Gasteiger partial charge in [0, 0.05) is 22.4 Å². The van der Waals surface area contributed by atoms with Gasteiger partial charge in [-0.3, -0.25) is 14.5 Å². The number of carbonyl (C=O) groups excluding carboxylic acids is 2. The van der Waals surface area contributed by atoms with Crippen LogP contribution in [-0.4, -0.2) is 23.6 Å². The zero-order valence-corrected chi connectivity index (χ0v) is 16.7. The largest absolute Gasteiger partial charge is 0.391 e. The van der Waals surface area contributed by atoms with Crippen LogP contribution in [0.3, 0.4) is 0 Å². The van der Waals surface area contributed by atoms with Crippen molar-refractivity contribution in [3.05, 3.63) is 64.1 Å². The molecule has 2 bridgehead atoms. The lowest BCUT2D eigenvalue weighted by Crippen LogP contribution is -2.41. The van der Waals surface area contributed by atoms with Crippen molar-refractivity contribution in [2.24, 2.45) is 34.7 Å². The molecular formula is C22H16Cl2N2O3. The maximum Gasteiger partial charge on any atom is 0.238 e. The number of benzene rings is 2. The van der Waals surface area contributed by atoms with E-state index in [0.717, 1.165) is 17.7 Å². The lowest BCUT2D eigenvalue weighted by molar-refractivity contribution is -0.125. The molecule has 2 aromatic rings. The fourth-order valence-corrected chi connectivity index (χ4v) is 6.38. The predicted octanol–water partition coefficient (Wildman–Crippen LogP) is 4.17. The average molecular weight is 427 g/mol. The van der Waals surface area contributed by atoms with E-state index < -0.39 is 0 Å². The molecule has 2 amide bonds. The van der Waals surface area contributed by atoms with Crippen molar-refractivity contribution in [2.75, 3.05) is 4.90 Å². The first kappa shape index (κ1) is 17.5. The van der Waals surface area contributed by atoms with Crippen molar-refractivity contribution < 1.29 is 14.4 Å². The van der Waals surface area contributed by atoms with E-state index in [0.29, 0.717) is 15.7 Å².